The summed E-state index contributed by atoms with van der Waals surface area (Å²) in [6.45, 7) is 6.50. The van der Waals surface area contributed by atoms with Gasteiger partial charge in [0.25, 0.3) is 0 Å². The highest BCUT2D eigenvalue weighted by molar-refractivity contribution is 9.10. The Morgan fingerprint density at radius 3 is 3.12 bits per heavy atom. The van der Waals surface area contributed by atoms with E-state index in [1.54, 1.807) is 6.08 Å². The van der Waals surface area contributed by atoms with Crippen LogP contribution in [0, 0.1) is 12.3 Å². The lowest BCUT2D eigenvalue weighted by atomic mass is 9.95. The van der Waals surface area contributed by atoms with Crippen LogP contribution in [0.3, 0.4) is 0 Å². The Hall–Kier alpha value is -1.86. The Morgan fingerprint density at radius 1 is 1.52 bits per heavy atom. The molecule has 130 valence electrons. The first-order valence-electron chi connectivity index (χ1n) is 8.42. The van der Waals surface area contributed by atoms with Crippen molar-refractivity contribution in [3.63, 3.8) is 0 Å². The molecular weight excluding hydrogens is 382 g/mol. The number of hydrogen-bond donors (Lipinski definition) is 1. The number of pyridine rings is 1. The Bertz CT molecular complexity index is 848. The number of ketones is 1. The maximum Gasteiger partial charge on any atom is 0.155 e. The standard InChI is InChI=1S/C18H20BrN5O/c1-3-12-9-24(23-22-12)10-18-7-14(20-16(18)8-18)15(25)6-13-11(2)4-5-17(19)21-13/h3-5,9,14,16,20H,1,6-8,10H2,2H3/t14-,16+,18-/m0/s1. The molecule has 0 bridgehead atoms. The van der Waals surface area contributed by atoms with E-state index in [0.717, 1.165) is 40.9 Å². The molecule has 0 amide bonds. The smallest absolute Gasteiger partial charge is 0.155 e. The highest BCUT2D eigenvalue weighted by Crippen LogP contribution is 2.55. The van der Waals surface area contributed by atoms with E-state index < -0.39 is 0 Å². The molecule has 7 heteroatoms. The molecule has 2 aromatic heterocycles. The number of halogens is 1. The minimum atomic E-state index is -0.0960. The molecule has 2 aromatic rings. The van der Waals surface area contributed by atoms with Crippen molar-refractivity contribution < 1.29 is 4.79 Å². The number of carbonyl (C=O) groups excluding carboxylic acids is 1. The SMILES string of the molecule is C=Cc1cn(C[C@@]23C[C@@H](C(=O)Cc4nc(Br)ccc4C)N[C@@H]2C3)nn1. The number of carbonyl (C=O) groups is 1. The summed E-state index contributed by atoms with van der Waals surface area (Å²) >= 11 is 3.38. The lowest BCUT2D eigenvalue weighted by Gasteiger charge is -2.15. The molecule has 0 spiro atoms. The molecule has 0 unspecified atom stereocenters. The zero-order valence-corrected chi connectivity index (χ0v) is 15.7. The van der Waals surface area contributed by atoms with Crippen molar-refractivity contribution >= 4 is 27.8 Å². The normalized spacial score (nSPS) is 27.1. The van der Waals surface area contributed by atoms with Gasteiger partial charge in [-0.25, -0.2) is 4.98 Å². The predicted octanol–water partition coefficient (Wildman–Crippen LogP) is 2.32. The number of nitrogens with one attached hydrogen (secondary N) is 1. The summed E-state index contributed by atoms with van der Waals surface area (Å²) in [5.74, 6) is 0.214. The second-order valence-corrected chi connectivity index (χ2v) is 7.94. The average molecular weight is 402 g/mol. The first-order valence-corrected chi connectivity index (χ1v) is 9.22. The van der Waals surface area contributed by atoms with Gasteiger partial charge in [-0.1, -0.05) is 17.9 Å². The fraction of sp³-hybridized carbons (Fsp3) is 0.444. The van der Waals surface area contributed by atoms with Crippen LogP contribution in [0.25, 0.3) is 6.08 Å². The van der Waals surface area contributed by atoms with E-state index in [9.17, 15) is 4.79 Å². The molecule has 1 aliphatic carbocycles. The molecular formula is C18H20BrN5O. The summed E-state index contributed by atoms with van der Waals surface area (Å²) in [4.78, 5) is 17.2. The third-order valence-corrected chi connectivity index (χ3v) is 5.78. The van der Waals surface area contributed by atoms with Gasteiger partial charge in [-0.2, -0.15) is 0 Å². The molecule has 3 atom stereocenters. The largest absolute Gasteiger partial charge is 0.304 e. The topological polar surface area (TPSA) is 72.7 Å². The number of aryl methyl sites for hydroxylation is 1. The van der Waals surface area contributed by atoms with Crippen molar-refractivity contribution in [1.82, 2.24) is 25.3 Å². The third kappa shape index (κ3) is 3.18. The van der Waals surface area contributed by atoms with Crippen LogP contribution < -0.4 is 5.32 Å². The fourth-order valence-corrected chi connectivity index (χ4v) is 4.13. The first kappa shape index (κ1) is 16.6. The quantitative estimate of drug-likeness (QED) is 0.751. The molecule has 6 nitrogen and oxygen atoms in total. The Kier molecular flexibility index (Phi) is 4.08. The minimum Gasteiger partial charge on any atom is -0.304 e. The summed E-state index contributed by atoms with van der Waals surface area (Å²) in [7, 11) is 0. The molecule has 1 saturated heterocycles. The molecule has 1 aliphatic heterocycles. The van der Waals surface area contributed by atoms with Crippen LogP contribution in [0.1, 0.15) is 29.8 Å². The Balaban J connectivity index is 1.41. The van der Waals surface area contributed by atoms with Gasteiger partial charge in [-0.15, -0.1) is 5.10 Å². The van der Waals surface area contributed by atoms with Crippen molar-refractivity contribution in [3.05, 3.63) is 46.5 Å². The zero-order valence-electron chi connectivity index (χ0n) is 14.1. The number of Topliss-reactive ketones (excluding diaryl/α,β-unsaturated/α-hetero) is 1. The molecule has 3 heterocycles. The number of rotatable bonds is 6. The summed E-state index contributed by atoms with van der Waals surface area (Å²) in [6.07, 6.45) is 5.91. The number of fused-ring (bicyclic) bond motifs is 1. The van der Waals surface area contributed by atoms with E-state index in [-0.39, 0.29) is 17.2 Å². The van der Waals surface area contributed by atoms with Crippen molar-refractivity contribution in [3.8, 4) is 0 Å². The van der Waals surface area contributed by atoms with E-state index in [4.69, 9.17) is 0 Å². The number of piperidine rings is 1. The van der Waals surface area contributed by atoms with Crippen LogP contribution in [0.15, 0.2) is 29.5 Å². The molecule has 0 radical (unpaired) electrons. The van der Waals surface area contributed by atoms with Crippen molar-refractivity contribution in [2.24, 2.45) is 5.41 Å². The number of nitrogens with zero attached hydrogens (tertiary/aromatic N) is 4. The van der Waals surface area contributed by atoms with Crippen LogP contribution in [0.5, 0.6) is 0 Å². The maximum absolute atomic E-state index is 12.7. The minimum absolute atomic E-state index is 0.0960. The van der Waals surface area contributed by atoms with Gasteiger partial charge >= 0.3 is 0 Å². The molecule has 25 heavy (non-hydrogen) atoms. The number of hydrogen-bond acceptors (Lipinski definition) is 5. The van der Waals surface area contributed by atoms with Gasteiger partial charge in [0.1, 0.15) is 10.3 Å². The summed E-state index contributed by atoms with van der Waals surface area (Å²) in [6, 6.07) is 4.19. The second kappa shape index (κ2) is 6.14. The first-order chi connectivity index (χ1) is 12.0. The molecule has 4 rings (SSSR count). The summed E-state index contributed by atoms with van der Waals surface area (Å²) < 4.78 is 2.63. The molecule has 0 aromatic carbocycles. The summed E-state index contributed by atoms with van der Waals surface area (Å²) in [5.41, 5.74) is 2.81. The highest BCUT2D eigenvalue weighted by atomic mass is 79.9. The zero-order chi connectivity index (χ0) is 17.6. The monoisotopic (exact) mass is 401 g/mol. The van der Waals surface area contributed by atoms with Crippen molar-refractivity contribution in [2.75, 3.05) is 0 Å². The van der Waals surface area contributed by atoms with Gasteiger partial charge in [0.2, 0.25) is 0 Å². The van der Waals surface area contributed by atoms with Crippen LogP contribution in [0.4, 0.5) is 0 Å². The van der Waals surface area contributed by atoms with Gasteiger partial charge in [0.05, 0.1) is 24.4 Å². The van der Waals surface area contributed by atoms with E-state index in [0.29, 0.717) is 12.5 Å². The lowest BCUT2D eigenvalue weighted by molar-refractivity contribution is -0.120. The van der Waals surface area contributed by atoms with E-state index in [1.807, 2.05) is 29.9 Å². The van der Waals surface area contributed by atoms with E-state index in [2.05, 4.69) is 43.1 Å². The summed E-state index contributed by atoms with van der Waals surface area (Å²) in [5, 5.41) is 11.7. The van der Waals surface area contributed by atoms with Gasteiger partial charge in [0.15, 0.2) is 5.78 Å². The highest BCUT2D eigenvalue weighted by Gasteiger charge is 2.61. The molecule has 2 fully saturated rings. The van der Waals surface area contributed by atoms with Crippen LogP contribution in [-0.4, -0.2) is 37.8 Å². The Morgan fingerprint density at radius 2 is 2.36 bits per heavy atom. The van der Waals surface area contributed by atoms with Gasteiger partial charge in [0, 0.05) is 18.0 Å². The lowest BCUT2D eigenvalue weighted by Crippen LogP contribution is -2.35. The molecule has 1 saturated carbocycles. The van der Waals surface area contributed by atoms with Crippen LogP contribution in [-0.2, 0) is 17.8 Å². The van der Waals surface area contributed by atoms with E-state index in [1.165, 1.54) is 0 Å². The van der Waals surface area contributed by atoms with E-state index >= 15 is 0 Å². The molecule has 1 N–H and O–H groups in total. The van der Waals surface area contributed by atoms with Crippen LogP contribution >= 0.6 is 15.9 Å². The van der Waals surface area contributed by atoms with Crippen LogP contribution in [0.2, 0.25) is 0 Å². The van der Waals surface area contributed by atoms with Gasteiger partial charge in [-0.3, -0.25) is 9.48 Å². The van der Waals surface area contributed by atoms with Gasteiger partial charge < -0.3 is 5.32 Å². The fourth-order valence-electron chi connectivity index (χ4n) is 3.78. The van der Waals surface area contributed by atoms with Gasteiger partial charge in [-0.05, 0) is 53.4 Å². The number of aromatic nitrogens is 4. The average Bonchev–Trinajstić information content (AvgIpc) is 2.94. The predicted molar refractivity (Wildman–Crippen MR) is 97.9 cm³/mol. The van der Waals surface area contributed by atoms with Crippen molar-refractivity contribution in [1.29, 1.82) is 0 Å². The van der Waals surface area contributed by atoms with Crippen molar-refractivity contribution in [2.45, 2.75) is 44.8 Å². The third-order valence-electron chi connectivity index (χ3n) is 5.34. The Labute approximate surface area is 154 Å². The second-order valence-electron chi connectivity index (χ2n) is 7.13. The molecule has 2 aliphatic rings. The maximum atomic E-state index is 12.7.